The number of nitrogens with zero attached hydrogens (tertiary/aromatic N) is 1. The Labute approximate surface area is 214 Å². The number of aliphatic hydroxyl groups is 1. The van der Waals surface area contributed by atoms with E-state index in [-0.39, 0.29) is 11.7 Å². The lowest BCUT2D eigenvalue weighted by atomic mass is 9.89. The summed E-state index contributed by atoms with van der Waals surface area (Å²) in [6, 6.07) is 18.3. The minimum Gasteiger partial charge on any atom is -0.508 e. The summed E-state index contributed by atoms with van der Waals surface area (Å²) in [5, 5.41) is 12.6. The van der Waals surface area contributed by atoms with Gasteiger partial charge in [0.25, 0.3) is 5.91 Å². The normalized spacial score (nSPS) is 16.9. The van der Waals surface area contributed by atoms with Crippen molar-refractivity contribution in [1.29, 1.82) is 0 Å². The summed E-state index contributed by atoms with van der Waals surface area (Å²) in [5.41, 5.74) is 5.92. The van der Waals surface area contributed by atoms with Gasteiger partial charge in [0.1, 0.15) is 5.76 Å². The molecule has 0 atom stereocenters. The number of allylic oxidation sites excluding steroid dienone is 9. The van der Waals surface area contributed by atoms with Gasteiger partial charge in [-0.1, -0.05) is 67.3 Å². The number of amides is 1. The van der Waals surface area contributed by atoms with Crippen molar-refractivity contribution < 1.29 is 9.90 Å². The Hall–Kier alpha value is -4.05. The first-order chi connectivity index (χ1) is 17.5. The minimum absolute atomic E-state index is 0.141. The third-order valence-corrected chi connectivity index (χ3v) is 6.72. The molecule has 2 N–H and O–H groups in total. The maximum absolute atomic E-state index is 12.7. The largest absolute Gasteiger partial charge is 0.508 e. The summed E-state index contributed by atoms with van der Waals surface area (Å²) in [6.07, 6.45) is 16.1. The van der Waals surface area contributed by atoms with E-state index < -0.39 is 0 Å². The van der Waals surface area contributed by atoms with Gasteiger partial charge in [-0.05, 0) is 85.2 Å². The van der Waals surface area contributed by atoms with Crippen molar-refractivity contribution in [1.82, 2.24) is 10.2 Å². The van der Waals surface area contributed by atoms with E-state index in [9.17, 15) is 9.90 Å². The topological polar surface area (TPSA) is 52.6 Å². The van der Waals surface area contributed by atoms with Crippen LogP contribution in [0.1, 0.15) is 53.6 Å². The lowest BCUT2D eigenvalue weighted by Gasteiger charge is -2.34. The predicted molar refractivity (Wildman–Crippen MR) is 148 cm³/mol. The quantitative estimate of drug-likeness (QED) is 0.419. The third-order valence-electron chi connectivity index (χ3n) is 6.72. The van der Waals surface area contributed by atoms with Crippen molar-refractivity contribution in [2.24, 2.45) is 0 Å². The molecule has 1 saturated heterocycles. The van der Waals surface area contributed by atoms with Crippen molar-refractivity contribution in [3.8, 4) is 0 Å². The van der Waals surface area contributed by atoms with E-state index in [1.807, 2.05) is 61.6 Å². The highest BCUT2D eigenvalue weighted by Crippen LogP contribution is 2.29. The van der Waals surface area contributed by atoms with Crippen molar-refractivity contribution in [3.05, 3.63) is 138 Å². The molecule has 1 heterocycles. The summed E-state index contributed by atoms with van der Waals surface area (Å²) in [5.74, 6) is 0.725. The minimum atomic E-state index is -0.141. The molecule has 0 saturated carbocycles. The van der Waals surface area contributed by atoms with E-state index in [1.54, 1.807) is 12.2 Å². The second kappa shape index (κ2) is 12.1. The molecule has 4 heteroatoms. The highest BCUT2D eigenvalue weighted by molar-refractivity contribution is 5.95. The van der Waals surface area contributed by atoms with Crippen LogP contribution in [-0.4, -0.2) is 29.0 Å². The van der Waals surface area contributed by atoms with Crippen LogP contribution in [0, 0.1) is 0 Å². The zero-order valence-corrected chi connectivity index (χ0v) is 20.9. The predicted octanol–water partition coefficient (Wildman–Crippen LogP) is 7.05. The lowest BCUT2D eigenvalue weighted by molar-refractivity contribution is 0.0966. The molecule has 0 unspecified atom stereocenters. The maximum Gasteiger partial charge on any atom is 0.255 e. The average Bonchev–Trinajstić information content (AvgIpc) is 3.13. The SMILES string of the molecule is C=C(/C=C\C=C(/C)NC(=O)c1ccc(C2=CC=C(O)C=CC2)cc1)N1CCC(c2ccccc2)CC1. The van der Waals surface area contributed by atoms with Crippen molar-refractivity contribution >= 4 is 11.5 Å². The van der Waals surface area contributed by atoms with Gasteiger partial charge in [-0.2, -0.15) is 0 Å². The second-order valence-corrected chi connectivity index (χ2v) is 9.29. The van der Waals surface area contributed by atoms with E-state index in [0.717, 1.165) is 54.9 Å². The van der Waals surface area contributed by atoms with Crippen molar-refractivity contribution in [2.75, 3.05) is 13.1 Å². The Balaban J connectivity index is 1.26. The molecule has 1 amide bonds. The van der Waals surface area contributed by atoms with Crippen LogP contribution in [0.4, 0.5) is 0 Å². The number of carbonyl (C=O) groups excluding carboxylic acids is 1. The lowest BCUT2D eigenvalue weighted by Crippen LogP contribution is -2.31. The molecule has 1 aliphatic heterocycles. The Kier molecular flexibility index (Phi) is 8.40. The molecule has 1 fully saturated rings. The highest BCUT2D eigenvalue weighted by Gasteiger charge is 2.20. The highest BCUT2D eigenvalue weighted by atomic mass is 16.3. The second-order valence-electron chi connectivity index (χ2n) is 9.29. The molecule has 0 bridgehead atoms. The molecule has 4 nitrogen and oxygen atoms in total. The number of aliphatic hydroxyl groups excluding tert-OH is 1. The Morgan fingerprint density at radius 2 is 1.78 bits per heavy atom. The first-order valence-electron chi connectivity index (χ1n) is 12.5. The van der Waals surface area contributed by atoms with Crippen LogP contribution >= 0.6 is 0 Å². The summed E-state index contributed by atoms with van der Waals surface area (Å²) in [7, 11) is 0. The summed E-state index contributed by atoms with van der Waals surface area (Å²) < 4.78 is 0. The first kappa shape index (κ1) is 25.1. The zero-order valence-electron chi connectivity index (χ0n) is 20.9. The van der Waals surface area contributed by atoms with Gasteiger partial charge < -0.3 is 15.3 Å². The zero-order chi connectivity index (χ0) is 25.3. The van der Waals surface area contributed by atoms with Crippen LogP contribution < -0.4 is 5.32 Å². The van der Waals surface area contributed by atoms with Gasteiger partial charge in [-0.3, -0.25) is 4.79 Å². The summed E-state index contributed by atoms with van der Waals surface area (Å²) >= 11 is 0. The fourth-order valence-electron chi connectivity index (χ4n) is 4.59. The van der Waals surface area contributed by atoms with Gasteiger partial charge in [-0.25, -0.2) is 0 Å². The fraction of sp³-hybridized carbons (Fsp3) is 0.219. The molecule has 184 valence electrons. The number of hydrogen-bond acceptors (Lipinski definition) is 3. The van der Waals surface area contributed by atoms with Gasteiger partial charge >= 0.3 is 0 Å². The molecule has 0 aromatic heterocycles. The Morgan fingerprint density at radius 3 is 2.50 bits per heavy atom. The van der Waals surface area contributed by atoms with E-state index in [2.05, 4.69) is 47.1 Å². The summed E-state index contributed by atoms with van der Waals surface area (Å²) in [4.78, 5) is 15.0. The van der Waals surface area contributed by atoms with Crippen LogP contribution in [0.2, 0.25) is 0 Å². The molecule has 2 aromatic rings. The number of hydrogen-bond donors (Lipinski definition) is 2. The summed E-state index contributed by atoms with van der Waals surface area (Å²) in [6.45, 7) is 8.12. The smallest absolute Gasteiger partial charge is 0.255 e. The number of piperidine rings is 1. The maximum atomic E-state index is 12.7. The standard InChI is InChI=1S/C32H34N2O2/c1-24(8-6-9-25(2)34-22-20-29(21-23-34)26-10-4-3-5-11-26)33-32(36)30-16-14-28(15-17-30)27-12-7-13-31(35)19-18-27/h3-11,13-19,29,35H,2,12,20-23H2,1H3,(H,33,36)/b9-6-,24-8+. The first-order valence-corrected chi connectivity index (χ1v) is 12.5. The molecular weight excluding hydrogens is 444 g/mol. The van der Waals surface area contributed by atoms with E-state index >= 15 is 0 Å². The molecule has 0 spiro atoms. The van der Waals surface area contributed by atoms with Crippen LogP contribution in [0.3, 0.4) is 0 Å². The Bertz CT molecular complexity index is 1220. The third kappa shape index (κ3) is 6.76. The van der Waals surface area contributed by atoms with Gasteiger partial charge in [-0.15, -0.1) is 0 Å². The van der Waals surface area contributed by atoms with Gasteiger partial charge in [0, 0.05) is 30.0 Å². The molecular formula is C32H34N2O2. The number of carbonyl (C=O) groups is 1. The van der Waals surface area contributed by atoms with Crippen LogP contribution in [0.25, 0.3) is 5.57 Å². The van der Waals surface area contributed by atoms with Gasteiger partial charge in [0.05, 0.1) is 0 Å². The van der Waals surface area contributed by atoms with Crippen molar-refractivity contribution in [2.45, 2.75) is 32.1 Å². The van der Waals surface area contributed by atoms with Gasteiger partial charge in [0.15, 0.2) is 0 Å². The molecule has 1 aliphatic carbocycles. The van der Waals surface area contributed by atoms with E-state index in [1.165, 1.54) is 5.56 Å². The number of benzene rings is 2. The van der Waals surface area contributed by atoms with Crippen LogP contribution in [0.5, 0.6) is 0 Å². The average molecular weight is 479 g/mol. The number of likely N-dealkylation sites (tertiary alicyclic amines) is 1. The molecule has 36 heavy (non-hydrogen) atoms. The van der Waals surface area contributed by atoms with Crippen LogP contribution in [-0.2, 0) is 0 Å². The number of rotatable bonds is 7. The molecule has 4 rings (SSSR count). The molecule has 2 aliphatic rings. The number of nitrogens with one attached hydrogen (secondary N) is 1. The van der Waals surface area contributed by atoms with Crippen molar-refractivity contribution in [3.63, 3.8) is 0 Å². The molecule has 2 aromatic carbocycles. The monoisotopic (exact) mass is 478 g/mol. The van der Waals surface area contributed by atoms with Gasteiger partial charge in [0.2, 0.25) is 0 Å². The molecule has 0 radical (unpaired) electrons. The Morgan fingerprint density at radius 1 is 1.06 bits per heavy atom. The van der Waals surface area contributed by atoms with E-state index in [0.29, 0.717) is 11.5 Å². The van der Waals surface area contributed by atoms with E-state index in [4.69, 9.17) is 0 Å². The van der Waals surface area contributed by atoms with Crippen LogP contribution in [0.15, 0.2) is 121 Å². The fourth-order valence-corrected chi connectivity index (χ4v) is 4.59.